The molecule has 1 heterocycles. The summed E-state index contributed by atoms with van der Waals surface area (Å²) in [4.78, 5) is 4.23. The predicted octanol–water partition coefficient (Wildman–Crippen LogP) is 3.48. The number of anilines is 3. The highest BCUT2D eigenvalue weighted by Gasteiger charge is 2.03. The van der Waals surface area contributed by atoms with Gasteiger partial charge in [0.15, 0.2) is 0 Å². The SMILES string of the molecule is Cc1ccccc1Nc1ncc(N)cc1Br. The first kappa shape index (κ1) is 11.0. The minimum Gasteiger partial charge on any atom is -0.397 e. The van der Waals surface area contributed by atoms with Crippen LogP contribution in [0.1, 0.15) is 5.56 Å². The normalized spacial score (nSPS) is 10.1. The number of hydrogen-bond acceptors (Lipinski definition) is 3. The van der Waals surface area contributed by atoms with Gasteiger partial charge in [-0.05, 0) is 40.5 Å². The molecule has 82 valence electrons. The lowest BCUT2D eigenvalue weighted by atomic mass is 10.2. The minimum absolute atomic E-state index is 0.641. The van der Waals surface area contributed by atoms with Gasteiger partial charge in [-0.2, -0.15) is 0 Å². The smallest absolute Gasteiger partial charge is 0.144 e. The summed E-state index contributed by atoms with van der Waals surface area (Å²) in [7, 11) is 0. The van der Waals surface area contributed by atoms with E-state index in [0.717, 1.165) is 16.0 Å². The zero-order valence-electron chi connectivity index (χ0n) is 8.87. The molecule has 0 atom stereocenters. The van der Waals surface area contributed by atoms with Gasteiger partial charge in [-0.1, -0.05) is 18.2 Å². The Balaban J connectivity index is 2.31. The Morgan fingerprint density at radius 2 is 2.06 bits per heavy atom. The van der Waals surface area contributed by atoms with Gasteiger partial charge < -0.3 is 11.1 Å². The molecule has 0 aliphatic carbocycles. The number of halogens is 1. The van der Waals surface area contributed by atoms with Crippen LogP contribution < -0.4 is 11.1 Å². The number of para-hydroxylation sites is 1. The number of pyridine rings is 1. The third kappa shape index (κ3) is 2.33. The monoisotopic (exact) mass is 277 g/mol. The molecule has 3 N–H and O–H groups in total. The van der Waals surface area contributed by atoms with Crippen LogP contribution in [0.3, 0.4) is 0 Å². The third-order valence-electron chi connectivity index (χ3n) is 2.26. The summed E-state index contributed by atoms with van der Waals surface area (Å²) in [6, 6.07) is 9.88. The van der Waals surface area contributed by atoms with Crippen LogP contribution in [0.25, 0.3) is 0 Å². The van der Waals surface area contributed by atoms with Gasteiger partial charge in [0, 0.05) is 5.69 Å². The van der Waals surface area contributed by atoms with Crippen LogP contribution in [0, 0.1) is 6.92 Å². The number of nitrogens with zero attached hydrogens (tertiary/aromatic N) is 1. The predicted molar refractivity (Wildman–Crippen MR) is 70.8 cm³/mol. The summed E-state index contributed by atoms with van der Waals surface area (Å²) in [5, 5.41) is 3.25. The molecular formula is C12H12BrN3. The molecule has 4 heteroatoms. The van der Waals surface area contributed by atoms with Gasteiger partial charge >= 0.3 is 0 Å². The number of nitrogens with two attached hydrogens (primary N) is 1. The van der Waals surface area contributed by atoms with Crippen molar-refractivity contribution in [1.29, 1.82) is 0 Å². The second-order valence-electron chi connectivity index (χ2n) is 3.54. The number of hydrogen-bond donors (Lipinski definition) is 2. The highest BCUT2D eigenvalue weighted by molar-refractivity contribution is 9.10. The average molecular weight is 278 g/mol. The molecular weight excluding hydrogens is 266 g/mol. The molecule has 0 bridgehead atoms. The van der Waals surface area contributed by atoms with Gasteiger partial charge in [0.1, 0.15) is 5.82 Å². The maximum absolute atomic E-state index is 5.63. The summed E-state index contributed by atoms with van der Waals surface area (Å²) in [5.74, 6) is 0.767. The van der Waals surface area contributed by atoms with E-state index in [2.05, 4.69) is 26.2 Å². The number of nitrogens with one attached hydrogen (secondary N) is 1. The van der Waals surface area contributed by atoms with Crippen molar-refractivity contribution in [3.8, 4) is 0 Å². The van der Waals surface area contributed by atoms with Crippen LogP contribution in [-0.4, -0.2) is 4.98 Å². The fourth-order valence-corrected chi connectivity index (χ4v) is 1.85. The fourth-order valence-electron chi connectivity index (χ4n) is 1.39. The maximum Gasteiger partial charge on any atom is 0.144 e. The lowest BCUT2D eigenvalue weighted by Crippen LogP contribution is -1.97. The van der Waals surface area contributed by atoms with E-state index >= 15 is 0 Å². The second-order valence-corrected chi connectivity index (χ2v) is 4.39. The number of aromatic nitrogens is 1. The Hall–Kier alpha value is -1.55. The van der Waals surface area contributed by atoms with Crippen molar-refractivity contribution in [3.05, 3.63) is 46.6 Å². The molecule has 0 fully saturated rings. The van der Waals surface area contributed by atoms with Crippen molar-refractivity contribution in [1.82, 2.24) is 4.98 Å². The van der Waals surface area contributed by atoms with Crippen LogP contribution in [0.15, 0.2) is 41.0 Å². The van der Waals surface area contributed by atoms with Crippen LogP contribution in [-0.2, 0) is 0 Å². The van der Waals surface area contributed by atoms with Gasteiger partial charge in [0.25, 0.3) is 0 Å². The van der Waals surface area contributed by atoms with Crippen molar-refractivity contribution < 1.29 is 0 Å². The quantitative estimate of drug-likeness (QED) is 0.884. The number of rotatable bonds is 2. The molecule has 0 radical (unpaired) electrons. The van der Waals surface area contributed by atoms with Crippen LogP contribution in [0.2, 0.25) is 0 Å². The minimum atomic E-state index is 0.641. The second kappa shape index (κ2) is 4.53. The van der Waals surface area contributed by atoms with E-state index in [4.69, 9.17) is 5.73 Å². The zero-order chi connectivity index (χ0) is 11.5. The highest BCUT2D eigenvalue weighted by Crippen LogP contribution is 2.26. The summed E-state index contributed by atoms with van der Waals surface area (Å²) in [6.45, 7) is 2.05. The molecule has 0 saturated heterocycles. The molecule has 0 amide bonds. The van der Waals surface area contributed by atoms with Gasteiger partial charge in [0.2, 0.25) is 0 Å². The van der Waals surface area contributed by atoms with E-state index in [1.807, 2.05) is 37.3 Å². The number of benzene rings is 1. The van der Waals surface area contributed by atoms with Crippen molar-refractivity contribution in [2.24, 2.45) is 0 Å². The summed E-state index contributed by atoms with van der Waals surface area (Å²) < 4.78 is 0.857. The molecule has 3 nitrogen and oxygen atoms in total. The average Bonchev–Trinajstić information content (AvgIpc) is 2.25. The Morgan fingerprint density at radius 3 is 2.75 bits per heavy atom. The Morgan fingerprint density at radius 1 is 1.31 bits per heavy atom. The van der Waals surface area contributed by atoms with Crippen molar-refractivity contribution in [2.45, 2.75) is 6.92 Å². The Bertz CT molecular complexity index is 511. The molecule has 2 aromatic rings. The van der Waals surface area contributed by atoms with E-state index in [1.165, 1.54) is 5.56 Å². The van der Waals surface area contributed by atoms with Gasteiger partial charge in [-0.25, -0.2) is 4.98 Å². The largest absolute Gasteiger partial charge is 0.397 e. The zero-order valence-corrected chi connectivity index (χ0v) is 10.5. The molecule has 2 rings (SSSR count). The summed E-state index contributed by atoms with van der Waals surface area (Å²) in [6.07, 6.45) is 1.63. The van der Waals surface area contributed by atoms with Crippen LogP contribution >= 0.6 is 15.9 Å². The summed E-state index contributed by atoms with van der Waals surface area (Å²) in [5.41, 5.74) is 8.49. The standard InChI is InChI=1S/C12H12BrN3/c1-8-4-2-3-5-11(8)16-12-10(13)6-9(14)7-15-12/h2-7H,14H2,1H3,(H,15,16). The van der Waals surface area contributed by atoms with E-state index in [-0.39, 0.29) is 0 Å². The molecule has 1 aromatic carbocycles. The van der Waals surface area contributed by atoms with Crippen LogP contribution in [0.4, 0.5) is 17.2 Å². The van der Waals surface area contributed by atoms with Crippen LogP contribution in [0.5, 0.6) is 0 Å². The Labute approximate surface area is 103 Å². The molecule has 0 aliphatic rings. The molecule has 0 aliphatic heterocycles. The van der Waals surface area contributed by atoms with Crippen molar-refractivity contribution in [3.63, 3.8) is 0 Å². The van der Waals surface area contributed by atoms with Gasteiger partial charge in [-0.3, -0.25) is 0 Å². The summed E-state index contributed by atoms with van der Waals surface area (Å²) >= 11 is 3.42. The third-order valence-corrected chi connectivity index (χ3v) is 2.86. The van der Waals surface area contributed by atoms with Crippen molar-refractivity contribution in [2.75, 3.05) is 11.1 Å². The van der Waals surface area contributed by atoms with Gasteiger partial charge in [-0.15, -0.1) is 0 Å². The van der Waals surface area contributed by atoms with E-state index in [9.17, 15) is 0 Å². The van der Waals surface area contributed by atoms with Gasteiger partial charge in [0.05, 0.1) is 16.4 Å². The van der Waals surface area contributed by atoms with E-state index in [1.54, 1.807) is 6.20 Å². The highest BCUT2D eigenvalue weighted by atomic mass is 79.9. The molecule has 1 aromatic heterocycles. The molecule has 0 spiro atoms. The first-order chi connectivity index (χ1) is 7.66. The number of aryl methyl sites for hydroxylation is 1. The topological polar surface area (TPSA) is 50.9 Å². The Kier molecular flexibility index (Phi) is 3.10. The van der Waals surface area contributed by atoms with Crippen molar-refractivity contribution >= 4 is 33.1 Å². The first-order valence-electron chi connectivity index (χ1n) is 4.90. The lowest BCUT2D eigenvalue weighted by molar-refractivity contribution is 1.28. The van der Waals surface area contributed by atoms with E-state index < -0.39 is 0 Å². The lowest BCUT2D eigenvalue weighted by Gasteiger charge is -2.10. The molecule has 0 saturated carbocycles. The first-order valence-corrected chi connectivity index (χ1v) is 5.70. The maximum atomic E-state index is 5.63. The molecule has 16 heavy (non-hydrogen) atoms. The molecule has 0 unspecified atom stereocenters. The number of nitrogen functional groups attached to an aromatic ring is 1. The fraction of sp³-hybridized carbons (Fsp3) is 0.0833. The van der Waals surface area contributed by atoms with E-state index in [0.29, 0.717) is 5.69 Å².